The molecule has 7 heteroatoms. The van der Waals surface area contributed by atoms with Crippen molar-refractivity contribution in [2.45, 2.75) is 13.5 Å². The fourth-order valence-electron chi connectivity index (χ4n) is 1.88. The summed E-state index contributed by atoms with van der Waals surface area (Å²) in [6.45, 7) is 3.42. The minimum Gasteiger partial charge on any atom is -0.493 e. The summed E-state index contributed by atoms with van der Waals surface area (Å²) in [4.78, 5) is 4.33. The van der Waals surface area contributed by atoms with Crippen LogP contribution in [0.4, 0.5) is 0 Å². The average Bonchev–Trinajstić information content (AvgIpc) is 3.00. The van der Waals surface area contributed by atoms with Gasteiger partial charge in [-0.05, 0) is 18.7 Å². The number of aromatic nitrogens is 2. The number of hydrogen-bond donors (Lipinski definition) is 1. The molecule has 21 heavy (non-hydrogen) atoms. The zero-order chi connectivity index (χ0) is 15.2. The SMILES string of the molecule is CCNCc1noc(-c2cc(OC)c(OC)c(OC)c2)n1. The zero-order valence-electron chi connectivity index (χ0n) is 12.6. The molecule has 0 radical (unpaired) electrons. The van der Waals surface area contributed by atoms with E-state index in [9.17, 15) is 0 Å². The first-order valence-electron chi connectivity index (χ1n) is 6.57. The third-order valence-corrected chi connectivity index (χ3v) is 2.91. The third kappa shape index (κ3) is 3.25. The molecule has 2 aromatic rings. The number of hydrogen-bond acceptors (Lipinski definition) is 7. The van der Waals surface area contributed by atoms with E-state index in [1.54, 1.807) is 33.5 Å². The lowest BCUT2D eigenvalue weighted by atomic mass is 10.2. The van der Waals surface area contributed by atoms with Gasteiger partial charge in [-0.2, -0.15) is 4.98 Å². The number of ether oxygens (including phenoxy) is 3. The van der Waals surface area contributed by atoms with Crippen LogP contribution in [0.2, 0.25) is 0 Å². The molecule has 1 aromatic heterocycles. The highest BCUT2D eigenvalue weighted by Gasteiger charge is 2.17. The van der Waals surface area contributed by atoms with Gasteiger partial charge in [-0.25, -0.2) is 0 Å². The molecule has 7 nitrogen and oxygen atoms in total. The Balaban J connectivity index is 2.37. The molecule has 0 aliphatic rings. The van der Waals surface area contributed by atoms with Gasteiger partial charge in [0.1, 0.15) is 0 Å². The van der Waals surface area contributed by atoms with Crippen molar-refractivity contribution in [1.82, 2.24) is 15.5 Å². The number of nitrogens with zero attached hydrogens (tertiary/aromatic N) is 2. The maximum absolute atomic E-state index is 5.31. The van der Waals surface area contributed by atoms with Crippen molar-refractivity contribution in [3.63, 3.8) is 0 Å². The lowest BCUT2D eigenvalue weighted by Crippen LogP contribution is -2.12. The molecule has 114 valence electrons. The molecular formula is C14H19N3O4. The Labute approximate surface area is 123 Å². The molecule has 0 spiro atoms. The van der Waals surface area contributed by atoms with Gasteiger partial charge in [0.05, 0.1) is 27.9 Å². The Morgan fingerprint density at radius 1 is 1.10 bits per heavy atom. The standard InChI is InChI=1S/C14H19N3O4/c1-5-15-8-12-16-14(21-17-12)9-6-10(18-2)13(20-4)11(7-9)19-3/h6-7,15H,5,8H2,1-4H3. The molecule has 0 aliphatic heterocycles. The van der Waals surface area contributed by atoms with E-state index in [1.165, 1.54) is 0 Å². The van der Waals surface area contributed by atoms with E-state index < -0.39 is 0 Å². The van der Waals surface area contributed by atoms with E-state index >= 15 is 0 Å². The minimum absolute atomic E-state index is 0.405. The Bertz CT molecular complexity index is 573. The van der Waals surface area contributed by atoms with E-state index in [4.69, 9.17) is 18.7 Å². The summed E-state index contributed by atoms with van der Waals surface area (Å²) in [7, 11) is 4.68. The Kier molecular flexibility index (Phi) is 4.99. The highest BCUT2D eigenvalue weighted by Crippen LogP contribution is 2.40. The van der Waals surface area contributed by atoms with Crippen molar-refractivity contribution in [3.8, 4) is 28.7 Å². The third-order valence-electron chi connectivity index (χ3n) is 2.91. The summed E-state index contributed by atoms with van der Waals surface area (Å²) >= 11 is 0. The van der Waals surface area contributed by atoms with Crippen LogP contribution in [0.1, 0.15) is 12.7 Å². The second-order valence-corrected chi connectivity index (χ2v) is 4.21. The first-order chi connectivity index (χ1) is 10.2. The molecule has 0 atom stereocenters. The van der Waals surface area contributed by atoms with Gasteiger partial charge in [-0.15, -0.1) is 0 Å². The summed E-state index contributed by atoms with van der Waals surface area (Å²) in [6.07, 6.45) is 0. The highest BCUT2D eigenvalue weighted by atomic mass is 16.5. The fourth-order valence-corrected chi connectivity index (χ4v) is 1.88. The predicted octanol–water partition coefficient (Wildman–Crippen LogP) is 1.87. The Morgan fingerprint density at radius 3 is 2.29 bits per heavy atom. The lowest BCUT2D eigenvalue weighted by molar-refractivity contribution is 0.324. The average molecular weight is 293 g/mol. The topological polar surface area (TPSA) is 78.6 Å². The predicted molar refractivity (Wildman–Crippen MR) is 76.8 cm³/mol. The van der Waals surface area contributed by atoms with Gasteiger partial charge in [-0.1, -0.05) is 12.1 Å². The van der Waals surface area contributed by atoms with Gasteiger partial charge in [0.15, 0.2) is 17.3 Å². The van der Waals surface area contributed by atoms with Gasteiger partial charge < -0.3 is 24.1 Å². The molecule has 0 aliphatic carbocycles. The summed E-state index contributed by atoms with van der Waals surface area (Å²) in [5.74, 6) is 2.61. The Morgan fingerprint density at radius 2 is 1.76 bits per heavy atom. The molecule has 1 N–H and O–H groups in total. The van der Waals surface area contributed by atoms with Crippen LogP contribution in [0.3, 0.4) is 0 Å². The van der Waals surface area contributed by atoms with Gasteiger partial charge in [-0.3, -0.25) is 0 Å². The molecule has 1 heterocycles. The fraction of sp³-hybridized carbons (Fsp3) is 0.429. The normalized spacial score (nSPS) is 10.5. The first-order valence-corrected chi connectivity index (χ1v) is 6.57. The van der Waals surface area contributed by atoms with E-state index in [-0.39, 0.29) is 0 Å². The van der Waals surface area contributed by atoms with Crippen LogP contribution in [-0.4, -0.2) is 38.0 Å². The van der Waals surface area contributed by atoms with Crippen LogP contribution in [-0.2, 0) is 6.54 Å². The van der Waals surface area contributed by atoms with Crippen LogP contribution in [0.15, 0.2) is 16.7 Å². The quantitative estimate of drug-likeness (QED) is 0.834. The number of rotatable bonds is 7. The first kappa shape index (κ1) is 15.1. The summed E-state index contributed by atoms with van der Waals surface area (Å²) < 4.78 is 21.2. The summed E-state index contributed by atoms with van der Waals surface area (Å²) in [5.41, 5.74) is 0.708. The minimum atomic E-state index is 0.405. The van der Waals surface area contributed by atoms with Crippen LogP contribution in [0.5, 0.6) is 17.2 Å². The molecule has 0 fully saturated rings. The van der Waals surface area contributed by atoms with Gasteiger partial charge >= 0.3 is 0 Å². The number of nitrogens with one attached hydrogen (secondary N) is 1. The van der Waals surface area contributed by atoms with Gasteiger partial charge in [0.25, 0.3) is 5.89 Å². The van der Waals surface area contributed by atoms with Crippen molar-refractivity contribution < 1.29 is 18.7 Å². The summed E-state index contributed by atoms with van der Waals surface area (Å²) in [6, 6.07) is 3.54. The zero-order valence-corrected chi connectivity index (χ0v) is 12.6. The van der Waals surface area contributed by atoms with Crippen LogP contribution in [0.25, 0.3) is 11.5 Å². The molecule has 0 amide bonds. The molecule has 2 rings (SSSR count). The van der Waals surface area contributed by atoms with Gasteiger partial charge in [0.2, 0.25) is 5.75 Å². The van der Waals surface area contributed by atoms with E-state index in [0.717, 1.165) is 6.54 Å². The van der Waals surface area contributed by atoms with Gasteiger partial charge in [0, 0.05) is 5.56 Å². The molecule has 0 unspecified atom stereocenters. The lowest BCUT2D eigenvalue weighted by Gasteiger charge is -2.12. The monoisotopic (exact) mass is 293 g/mol. The number of benzene rings is 1. The van der Waals surface area contributed by atoms with E-state index in [2.05, 4.69) is 15.5 Å². The maximum atomic E-state index is 5.31. The molecule has 0 saturated carbocycles. The smallest absolute Gasteiger partial charge is 0.258 e. The van der Waals surface area contributed by atoms with E-state index in [1.807, 2.05) is 6.92 Å². The van der Waals surface area contributed by atoms with Crippen molar-refractivity contribution in [2.24, 2.45) is 0 Å². The largest absolute Gasteiger partial charge is 0.493 e. The Hall–Kier alpha value is -2.28. The molecular weight excluding hydrogens is 274 g/mol. The molecule has 0 bridgehead atoms. The highest BCUT2D eigenvalue weighted by molar-refractivity contribution is 5.65. The molecule has 0 saturated heterocycles. The van der Waals surface area contributed by atoms with Crippen molar-refractivity contribution in [2.75, 3.05) is 27.9 Å². The van der Waals surface area contributed by atoms with Crippen LogP contribution in [0, 0.1) is 0 Å². The van der Waals surface area contributed by atoms with Crippen LogP contribution >= 0.6 is 0 Å². The number of methoxy groups -OCH3 is 3. The summed E-state index contributed by atoms with van der Waals surface area (Å²) in [5, 5.41) is 7.06. The van der Waals surface area contributed by atoms with Crippen molar-refractivity contribution >= 4 is 0 Å². The van der Waals surface area contributed by atoms with Crippen molar-refractivity contribution in [1.29, 1.82) is 0 Å². The van der Waals surface area contributed by atoms with Crippen LogP contribution < -0.4 is 19.5 Å². The van der Waals surface area contributed by atoms with Crippen molar-refractivity contribution in [3.05, 3.63) is 18.0 Å². The molecule has 1 aromatic carbocycles. The maximum Gasteiger partial charge on any atom is 0.258 e. The van der Waals surface area contributed by atoms with E-state index in [0.29, 0.717) is 41.1 Å². The second kappa shape index (κ2) is 6.94. The second-order valence-electron chi connectivity index (χ2n) is 4.21.